The summed E-state index contributed by atoms with van der Waals surface area (Å²) in [6.07, 6.45) is 0. The number of amides is 2. The molecule has 0 radical (unpaired) electrons. The second-order valence-electron chi connectivity index (χ2n) is 4.37. The smallest absolute Gasteiger partial charge is 0.313 e. The molecule has 2 amide bonds. The Morgan fingerprint density at radius 1 is 0.909 bits per heavy atom. The first-order chi connectivity index (χ1) is 10.7. The van der Waals surface area contributed by atoms with Crippen LogP contribution in [0.15, 0.2) is 54.6 Å². The van der Waals surface area contributed by atoms with Crippen molar-refractivity contribution in [2.24, 2.45) is 0 Å². The van der Waals surface area contributed by atoms with Crippen molar-refractivity contribution in [1.82, 2.24) is 5.32 Å². The van der Waals surface area contributed by atoms with Crippen molar-refractivity contribution < 1.29 is 19.4 Å². The van der Waals surface area contributed by atoms with Crippen molar-refractivity contribution in [3.8, 4) is 11.5 Å². The molecule has 0 aromatic heterocycles. The Kier molecular flexibility index (Phi) is 5.50. The molecule has 6 heteroatoms. The lowest BCUT2D eigenvalue weighted by Gasteiger charge is -2.08. The van der Waals surface area contributed by atoms with Gasteiger partial charge in [-0.1, -0.05) is 18.2 Å². The summed E-state index contributed by atoms with van der Waals surface area (Å²) in [5.74, 6) is -0.250. The van der Waals surface area contributed by atoms with E-state index in [1.807, 2.05) is 30.3 Å². The van der Waals surface area contributed by atoms with Crippen LogP contribution in [-0.4, -0.2) is 30.1 Å². The van der Waals surface area contributed by atoms with E-state index in [4.69, 9.17) is 9.84 Å². The number of rotatable bonds is 5. The Balaban J connectivity index is 1.91. The maximum absolute atomic E-state index is 11.6. The van der Waals surface area contributed by atoms with E-state index in [9.17, 15) is 9.59 Å². The van der Waals surface area contributed by atoms with Gasteiger partial charge < -0.3 is 20.5 Å². The number of anilines is 1. The molecule has 0 aliphatic carbocycles. The summed E-state index contributed by atoms with van der Waals surface area (Å²) in [7, 11) is 0. The van der Waals surface area contributed by atoms with Crippen molar-refractivity contribution in [3.63, 3.8) is 0 Å². The van der Waals surface area contributed by atoms with Crippen molar-refractivity contribution in [1.29, 1.82) is 0 Å². The Morgan fingerprint density at radius 3 is 2.18 bits per heavy atom. The molecular formula is C16H16N2O4. The highest BCUT2D eigenvalue weighted by atomic mass is 16.5. The van der Waals surface area contributed by atoms with Gasteiger partial charge in [0.1, 0.15) is 11.5 Å². The largest absolute Gasteiger partial charge is 0.457 e. The van der Waals surface area contributed by atoms with E-state index in [0.717, 1.165) is 0 Å². The van der Waals surface area contributed by atoms with Crippen LogP contribution in [0.4, 0.5) is 5.69 Å². The van der Waals surface area contributed by atoms with Gasteiger partial charge in [-0.25, -0.2) is 0 Å². The van der Waals surface area contributed by atoms with Gasteiger partial charge in [-0.3, -0.25) is 9.59 Å². The van der Waals surface area contributed by atoms with Gasteiger partial charge in [0.15, 0.2) is 0 Å². The van der Waals surface area contributed by atoms with Crippen LogP contribution >= 0.6 is 0 Å². The minimum atomic E-state index is -0.793. The molecular weight excluding hydrogens is 284 g/mol. The Morgan fingerprint density at radius 2 is 1.55 bits per heavy atom. The number of carbonyl (C=O) groups excluding carboxylic acids is 2. The lowest BCUT2D eigenvalue weighted by atomic mass is 10.3. The van der Waals surface area contributed by atoms with Crippen LogP contribution in [0.1, 0.15) is 0 Å². The van der Waals surface area contributed by atoms with Gasteiger partial charge in [-0.15, -0.1) is 0 Å². The molecule has 0 saturated carbocycles. The second-order valence-corrected chi connectivity index (χ2v) is 4.37. The fourth-order valence-electron chi connectivity index (χ4n) is 1.67. The first kappa shape index (κ1) is 15.5. The molecule has 2 rings (SSSR count). The van der Waals surface area contributed by atoms with Crippen molar-refractivity contribution in [2.45, 2.75) is 0 Å². The summed E-state index contributed by atoms with van der Waals surface area (Å²) < 4.78 is 5.62. The minimum absolute atomic E-state index is 0.0378. The molecule has 0 spiro atoms. The Bertz CT molecular complexity index is 626. The number of nitrogens with one attached hydrogen (secondary N) is 2. The molecule has 0 bridgehead atoms. The van der Waals surface area contributed by atoms with Gasteiger partial charge in [-0.05, 0) is 36.4 Å². The molecule has 0 fully saturated rings. The van der Waals surface area contributed by atoms with Gasteiger partial charge >= 0.3 is 11.8 Å². The third kappa shape index (κ3) is 4.60. The van der Waals surface area contributed by atoms with E-state index in [-0.39, 0.29) is 13.2 Å². The molecule has 3 N–H and O–H groups in total. The molecule has 0 aliphatic heterocycles. The zero-order chi connectivity index (χ0) is 15.8. The number of ether oxygens (including phenoxy) is 1. The van der Waals surface area contributed by atoms with Gasteiger partial charge in [0.25, 0.3) is 0 Å². The van der Waals surface area contributed by atoms with E-state index in [1.165, 1.54) is 0 Å². The van der Waals surface area contributed by atoms with Gasteiger partial charge in [-0.2, -0.15) is 0 Å². The molecule has 114 valence electrons. The predicted octanol–water partition coefficient (Wildman–Crippen LogP) is 1.53. The average molecular weight is 300 g/mol. The van der Waals surface area contributed by atoms with Gasteiger partial charge in [0, 0.05) is 12.2 Å². The average Bonchev–Trinajstić information content (AvgIpc) is 2.55. The molecule has 2 aromatic rings. The third-order valence-electron chi connectivity index (χ3n) is 2.69. The summed E-state index contributed by atoms with van der Waals surface area (Å²) in [5.41, 5.74) is 0.476. The number of para-hydroxylation sites is 1. The lowest BCUT2D eigenvalue weighted by molar-refractivity contribution is -0.136. The molecule has 6 nitrogen and oxygen atoms in total. The molecule has 0 aliphatic rings. The van der Waals surface area contributed by atoms with E-state index in [2.05, 4.69) is 10.6 Å². The van der Waals surface area contributed by atoms with Crippen LogP contribution in [0.3, 0.4) is 0 Å². The maximum atomic E-state index is 11.6. The zero-order valence-corrected chi connectivity index (χ0v) is 11.8. The van der Waals surface area contributed by atoms with Crippen LogP contribution in [0.5, 0.6) is 11.5 Å². The quantitative estimate of drug-likeness (QED) is 0.731. The van der Waals surface area contributed by atoms with E-state index >= 15 is 0 Å². The molecule has 0 heterocycles. The van der Waals surface area contributed by atoms with Gasteiger partial charge in [0.2, 0.25) is 0 Å². The topological polar surface area (TPSA) is 87.7 Å². The molecule has 22 heavy (non-hydrogen) atoms. The van der Waals surface area contributed by atoms with Crippen LogP contribution in [0.25, 0.3) is 0 Å². The van der Waals surface area contributed by atoms with Crippen molar-refractivity contribution in [2.75, 3.05) is 18.5 Å². The highest BCUT2D eigenvalue weighted by Crippen LogP contribution is 2.22. The van der Waals surface area contributed by atoms with E-state index in [0.29, 0.717) is 17.2 Å². The SMILES string of the molecule is O=C(NCCO)C(=O)Nc1ccc(Oc2ccccc2)cc1. The predicted molar refractivity (Wildman–Crippen MR) is 81.7 cm³/mol. The zero-order valence-electron chi connectivity index (χ0n) is 11.8. The Labute approximate surface area is 127 Å². The highest BCUT2D eigenvalue weighted by Gasteiger charge is 2.12. The number of aliphatic hydroxyl groups is 1. The maximum Gasteiger partial charge on any atom is 0.313 e. The third-order valence-corrected chi connectivity index (χ3v) is 2.69. The number of benzene rings is 2. The number of hydrogen-bond acceptors (Lipinski definition) is 4. The fraction of sp³-hybridized carbons (Fsp3) is 0.125. The van der Waals surface area contributed by atoms with E-state index in [1.54, 1.807) is 24.3 Å². The van der Waals surface area contributed by atoms with Gasteiger partial charge in [0.05, 0.1) is 6.61 Å². The normalized spacial score (nSPS) is 9.86. The van der Waals surface area contributed by atoms with E-state index < -0.39 is 11.8 Å². The monoisotopic (exact) mass is 300 g/mol. The van der Waals surface area contributed by atoms with Crippen LogP contribution in [-0.2, 0) is 9.59 Å². The summed E-state index contributed by atoms with van der Waals surface area (Å²) in [6, 6.07) is 16.0. The Hall–Kier alpha value is -2.86. The van der Waals surface area contributed by atoms with Crippen molar-refractivity contribution in [3.05, 3.63) is 54.6 Å². The minimum Gasteiger partial charge on any atom is -0.457 e. The molecule has 0 saturated heterocycles. The summed E-state index contributed by atoms with van der Waals surface area (Å²) in [6.45, 7) is -0.180. The number of carbonyl (C=O) groups is 2. The first-order valence-electron chi connectivity index (χ1n) is 6.72. The second kappa shape index (κ2) is 7.80. The number of aliphatic hydroxyl groups excluding tert-OH is 1. The highest BCUT2D eigenvalue weighted by molar-refractivity contribution is 6.39. The van der Waals surface area contributed by atoms with Crippen LogP contribution in [0.2, 0.25) is 0 Å². The summed E-state index contributed by atoms with van der Waals surface area (Å²) in [4.78, 5) is 22.9. The summed E-state index contributed by atoms with van der Waals surface area (Å²) in [5, 5.41) is 13.3. The standard InChI is InChI=1S/C16H16N2O4/c19-11-10-17-15(20)16(21)18-12-6-8-14(9-7-12)22-13-4-2-1-3-5-13/h1-9,19H,10-11H2,(H,17,20)(H,18,21). The molecule has 0 atom stereocenters. The summed E-state index contributed by atoms with van der Waals surface area (Å²) >= 11 is 0. The first-order valence-corrected chi connectivity index (χ1v) is 6.72. The lowest BCUT2D eigenvalue weighted by Crippen LogP contribution is -2.36. The number of hydrogen-bond donors (Lipinski definition) is 3. The molecule has 2 aromatic carbocycles. The molecule has 0 unspecified atom stereocenters. The fourth-order valence-corrected chi connectivity index (χ4v) is 1.67. The van der Waals surface area contributed by atoms with Crippen LogP contribution in [0, 0.1) is 0 Å². The van der Waals surface area contributed by atoms with Crippen LogP contribution < -0.4 is 15.4 Å². The van der Waals surface area contributed by atoms with Crippen molar-refractivity contribution >= 4 is 17.5 Å².